The van der Waals surface area contributed by atoms with Crippen LogP contribution < -0.4 is 5.73 Å². The lowest BCUT2D eigenvalue weighted by atomic mass is 9.83. The average Bonchev–Trinajstić information content (AvgIpc) is 2.43. The van der Waals surface area contributed by atoms with Crippen LogP contribution in [0.1, 0.15) is 65.0 Å². The Morgan fingerprint density at radius 3 is 2.24 bits per heavy atom. The molecule has 1 aliphatic heterocycles. The maximum atomic E-state index is 12.1. The summed E-state index contributed by atoms with van der Waals surface area (Å²) in [6.07, 6.45) is 0.958. The van der Waals surface area contributed by atoms with E-state index in [1.54, 1.807) is 0 Å². The zero-order valence-corrected chi connectivity index (χ0v) is 16.6. The molecule has 0 saturated carbocycles. The molecule has 0 amide bonds. The summed E-state index contributed by atoms with van der Waals surface area (Å²) < 4.78 is 5.45. The Morgan fingerprint density at radius 2 is 1.72 bits per heavy atom. The molecule has 25 heavy (non-hydrogen) atoms. The number of likely N-dealkylation sites (tertiary alicyclic amines) is 1. The molecule has 1 fully saturated rings. The lowest BCUT2D eigenvalue weighted by Gasteiger charge is -2.36. The molecule has 1 aliphatic rings. The van der Waals surface area contributed by atoms with Crippen LogP contribution in [0.2, 0.25) is 0 Å². The number of benzene rings is 1. The van der Waals surface area contributed by atoms with Crippen LogP contribution in [0, 0.1) is 0 Å². The monoisotopic (exact) mass is 346 g/mol. The van der Waals surface area contributed by atoms with Crippen LogP contribution in [-0.4, -0.2) is 42.1 Å². The number of esters is 1. The lowest BCUT2D eigenvalue weighted by molar-refractivity contribution is -0.156. The number of ether oxygens (including phenoxy) is 1. The summed E-state index contributed by atoms with van der Waals surface area (Å²) in [7, 11) is 0. The summed E-state index contributed by atoms with van der Waals surface area (Å²) >= 11 is 0. The summed E-state index contributed by atoms with van der Waals surface area (Å²) in [5.74, 6) is 0.184. The van der Waals surface area contributed by atoms with Crippen molar-refractivity contribution in [2.45, 2.75) is 70.9 Å². The molecule has 1 aromatic rings. The Morgan fingerprint density at radius 1 is 1.12 bits per heavy atom. The van der Waals surface area contributed by atoms with Gasteiger partial charge in [-0.1, -0.05) is 45.0 Å². The van der Waals surface area contributed by atoms with Crippen molar-refractivity contribution in [3.8, 4) is 0 Å². The Balaban J connectivity index is 2.03. The van der Waals surface area contributed by atoms with Crippen LogP contribution in [0.25, 0.3) is 0 Å². The molecule has 0 aliphatic carbocycles. The molecule has 0 bridgehead atoms. The van der Waals surface area contributed by atoms with Gasteiger partial charge < -0.3 is 10.5 Å². The highest BCUT2D eigenvalue weighted by Crippen LogP contribution is 2.29. The summed E-state index contributed by atoms with van der Waals surface area (Å²) in [4.78, 5) is 14.3. The van der Waals surface area contributed by atoms with Crippen molar-refractivity contribution in [2.24, 2.45) is 5.73 Å². The zero-order chi connectivity index (χ0) is 18.8. The van der Waals surface area contributed by atoms with E-state index in [0.29, 0.717) is 12.5 Å². The molecule has 1 aromatic carbocycles. The van der Waals surface area contributed by atoms with E-state index in [1.807, 2.05) is 20.8 Å². The molecule has 1 heterocycles. The maximum Gasteiger partial charge on any atom is 0.320 e. The first-order valence-corrected chi connectivity index (χ1v) is 9.24. The summed E-state index contributed by atoms with van der Waals surface area (Å²) in [6, 6.07) is 8.95. The highest BCUT2D eigenvalue weighted by atomic mass is 16.6. The van der Waals surface area contributed by atoms with Gasteiger partial charge in [0.15, 0.2) is 0 Å². The van der Waals surface area contributed by atoms with E-state index in [-0.39, 0.29) is 17.4 Å². The van der Waals surface area contributed by atoms with Gasteiger partial charge in [0.2, 0.25) is 0 Å². The number of rotatable bonds is 3. The fraction of sp³-hybridized carbons (Fsp3) is 0.667. The Hall–Kier alpha value is -1.39. The molecular weight excluding hydrogens is 312 g/mol. The summed E-state index contributed by atoms with van der Waals surface area (Å²) in [5, 5.41) is 0. The minimum Gasteiger partial charge on any atom is -0.459 e. The molecule has 2 atom stereocenters. The van der Waals surface area contributed by atoms with Crippen molar-refractivity contribution >= 4 is 5.97 Å². The number of carbonyl (C=O) groups excluding carboxylic acids is 1. The van der Waals surface area contributed by atoms with Gasteiger partial charge in [-0.3, -0.25) is 9.69 Å². The topological polar surface area (TPSA) is 55.6 Å². The van der Waals surface area contributed by atoms with E-state index in [2.05, 4.69) is 49.9 Å². The number of hydrogen-bond acceptors (Lipinski definition) is 4. The highest BCUT2D eigenvalue weighted by molar-refractivity contribution is 5.72. The first-order valence-electron chi connectivity index (χ1n) is 9.24. The average molecular weight is 347 g/mol. The second-order valence-electron chi connectivity index (χ2n) is 9.35. The molecule has 0 aromatic heterocycles. The van der Waals surface area contributed by atoms with Gasteiger partial charge in [-0.05, 0) is 49.7 Å². The largest absolute Gasteiger partial charge is 0.459 e. The van der Waals surface area contributed by atoms with Crippen LogP contribution in [0.5, 0.6) is 0 Å². The van der Waals surface area contributed by atoms with Gasteiger partial charge >= 0.3 is 5.97 Å². The van der Waals surface area contributed by atoms with Crippen molar-refractivity contribution in [1.29, 1.82) is 0 Å². The molecule has 0 spiro atoms. The lowest BCUT2D eigenvalue weighted by Crippen LogP contribution is -2.48. The van der Waals surface area contributed by atoms with E-state index < -0.39 is 5.60 Å². The molecule has 2 unspecified atom stereocenters. The third-order valence-corrected chi connectivity index (χ3v) is 4.58. The molecule has 0 radical (unpaired) electrons. The van der Waals surface area contributed by atoms with Crippen molar-refractivity contribution in [3.63, 3.8) is 0 Å². The van der Waals surface area contributed by atoms with Crippen molar-refractivity contribution in [1.82, 2.24) is 4.90 Å². The minimum atomic E-state index is -0.447. The van der Waals surface area contributed by atoms with E-state index in [1.165, 1.54) is 11.1 Å². The molecule has 2 N–H and O–H groups in total. The number of carbonyl (C=O) groups is 1. The van der Waals surface area contributed by atoms with Gasteiger partial charge in [0.25, 0.3) is 0 Å². The van der Waals surface area contributed by atoms with Gasteiger partial charge in [-0.25, -0.2) is 0 Å². The van der Waals surface area contributed by atoms with Crippen LogP contribution in [0.4, 0.5) is 0 Å². The van der Waals surface area contributed by atoms with Gasteiger partial charge in [-0.2, -0.15) is 0 Å². The standard InChI is InChI=1S/C21H34N2O2/c1-20(2,3)17-9-7-15(8-10-17)16-11-18(22)13-23(12-16)14-19(24)25-21(4,5)6/h7-10,16,18H,11-14,22H2,1-6H3. The fourth-order valence-corrected chi connectivity index (χ4v) is 3.41. The molecular formula is C21H34N2O2. The van der Waals surface area contributed by atoms with E-state index in [0.717, 1.165) is 19.5 Å². The first-order chi connectivity index (χ1) is 11.4. The summed E-state index contributed by atoms with van der Waals surface area (Å²) in [6.45, 7) is 14.3. The van der Waals surface area contributed by atoms with Crippen LogP contribution in [-0.2, 0) is 14.9 Å². The van der Waals surface area contributed by atoms with Gasteiger partial charge in [0.05, 0.1) is 6.54 Å². The number of nitrogens with two attached hydrogens (primary N) is 1. The minimum absolute atomic E-state index is 0.0866. The first kappa shape index (κ1) is 19.9. The number of piperidine rings is 1. The van der Waals surface area contributed by atoms with Crippen LogP contribution in [0.15, 0.2) is 24.3 Å². The number of nitrogens with zero attached hydrogens (tertiary/aromatic N) is 1. The van der Waals surface area contributed by atoms with Crippen molar-refractivity contribution < 1.29 is 9.53 Å². The second-order valence-corrected chi connectivity index (χ2v) is 9.35. The normalized spacial score (nSPS) is 22.7. The predicted octanol–water partition coefficient (Wildman–Crippen LogP) is 3.44. The van der Waals surface area contributed by atoms with E-state index in [4.69, 9.17) is 10.5 Å². The zero-order valence-electron chi connectivity index (χ0n) is 16.6. The fourth-order valence-electron chi connectivity index (χ4n) is 3.41. The quantitative estimate of drug-likeness (QED) is 0.852. The molecule has 4 heteroatoms. The Labute approximate surface area is 152 Å². The molecule has 2 rings (SSSR count). The third kappa shape index (κ3) is 6.12. The van der Waals surface area contributed by atoms with Crippen molar-refractivity contribution in [3.05, 3.63) is 35.4 Å². The SMILES string of the molecule is CC(C)(C)OC(=O)CN1CC(N)CC(c2ccc(C(C)(C)C)cc2)C1. The summed E-state index contributed by atoms with van der Waals surface area (Å²) in [5.41, 5.74) is 8.61. The number of hydrogen-bond donors (Lipinski definition) is 1. The Bertz CT molecular complexity index is 581. The molecule has 1 saturated heterocycles. The van der Waals surface area contributed by atoms with Gasteiger partial charge in [0.1, 0.15) is 5.60 Å². The van der Waals surface area contributed by atoms with Gasteiger partial charge in [-0.15, -0.1) is 0 Å². The highest BCUT2D eigenvalue weighted by Gasteiger charge is 2.29. The molecule has 140 valence electrons. The second kappa shape index (κ2) is 7.46. The van der Waals surface area contributed by atoms with E-state index in [9.17, 15) is 4.79 Å². The third-order valence-electron chi connectivity index (χ3n) is 4.58. The van der Waals surface area contributed by atoms with Gasteiger partial charge in [0, 0.05) is 19.1 Å². The van der Waals surface area contributed by atoms with Crippen LogP contribution >= 0.6 is 0 Å². The smallest absolute Gasteiger partial charge is 0.320 e. The molecule has 4 nitrogen and oxygen atoms in total. The van der Waals surface area contributed by atoms with Crippen LogP contribution in [0.3, 0.4) is 0 Å². The van der Waals surface area contributed by atoms with Crippen molar-refractivity contribution in [2.75, 3.05) is 19.6 Å². The predicted molar refractivity (Wildman–Crippen MR) is 103 cm³/mol. The Kier molecular flexibility index (Phi) is 5.95. The maximum absolute atomic E-state index is 12.1. The van der Waals surface area contributed by atoms with E-state index >= 15 is 0 Å².